The first-order valence-electron chi connectivity index (χ1n) is 9.44. The molecular weight excluding hydrogens is 330 g/mol. The maximum Gasteiger partial charge on any atom is 0.108 e. The zero-order chi connectivity index (χ0) is 18.7. The van der Waals surface area contributed by atoms with Gasteiger partial charge >= 0.3 is 0 Å². The number of benzene rings is 3. The van der Waals surface area contributed by atoms with Crippen LogP contribution in [0, 0.1) is 0 Å². The molecule has 0 fully saturated rings. The number of likely N-dealkylation sites (N-methyl/N-ethyl adjacent to an activating group) is 1. The highest BCUT2D eigenvalue weighted by Crippen LogP contribution is 2.25. The fourth-order valence-corrected chi connectivity index (χ4v) is 2.99. The van der Waals surface area contributed by atoms with Crippen molar-refractivity contribution < 1.29 is 4.74 Å². The summed E-state index contributed by atoms with van der Waals surface area (Å²) in [5, 5.41) is 0. The molecule has 0 saturated heterocycles. The number of hydrogen-bond donors (Lipinski definition) is 0. The first kappa shape index (κ1) is 19.1. The SMILES string of the molecule is CN(CC=Cc1ccccc1)CCOC(c1ccccc1)c1ccccc1. The fraction of sp³-hybridized carbons (Fsp3) is 0.200. The van der Waals surface area contributed by atoms with Crippen molar-refractivity contribution >= 4 is 6.08 Å². The quantitative estimate of drug-likeness (QED) is 0.506. The standard InChI is InChI=1S/C25H27NO/c1-26(19-11-14-22-12-5-2-6-13-22)20-21-27-25(23-15-7-3-8-16-23)24-17-9-4-10-18-24/h2-18,25H,19-21H2,1H3. The Morgan fingerprint density at radius 3 is 1.85 bits per heavy atom. The Morgan fingerprint density at radius 1 is 0.778 bits per heavy atom. The van der Waals surface area contributed by atoms with E-state index in [0.29, 0.717) is 6.61 Å². The van der Waals surface area contributed by atoms with Gasteiger partial charge in [0.2, 0.25) is 0 Å². The lowest BCUT2D eigenvalue weighted by molar-refractivity contribution is 0.0666. The largest absolute Gasteiger partial charge is 0.367 e. The molecule has 3 aromatic rings. The van der Waals surface area contributed by atoms with Gasteiger partial charge in [-0.3, -0.25) is 0 Å². The summed E-state index contributed by atoms with van der Waals surface area (Å²) in [5.41, 5.74) is 3.61. The van der Waals surface area contributed by atoms with Crippen molar-refractivity contribution in [3.8, 4) is 0 Å². The summed E-state index contributed by atoms with van der Waals surface area (Å²) in [5.74, 6) is 0. The topological polar surface area (TPSA) is 12.5 Å². The van der Waals surface area contributed by atoms with Gasteiger partial charge in [0, 0.05) is 13.1 Å². The third-order valence-corrected chi connectivity index (χ3v) is 4.49. The molecule has 0 aliphatic carbocycles. The third kappa shape index (κ3) is 6.21. The van der Waals surface area contributed by atoms with Crippen molar-refractivity contribution in [2.75, 3.05) is 26.7 Å². The van der Waals surface area contributed by atoms with Gasteiger partial charge in [0.25, 0.3) is 0 Å². The van der Waals surface area contributed by atoms with Gasteiger partial charge in [0.1, 0.15) is 6.10 Å². The average molecular weight is 357 g/mol. The third-order valence-electron chi connectivity index (χ3n) is 4.49. The molecule has 0 spiro atoms. The van der Waals surface area contributed by atoms with Gasteiger partial charge in [0.15, 0.2) is 0 Å². The van der Waals surface area contributed by atoms with E-state index in [1.165, 1.54) is 16.7 Å². The minimum absolute atomic E-state index is 0.0272. The summed E-state index contributed by atoms with van der Waals surface area (Å²) < 4.78 is 6.28. The zero-order valence-corrected chi connectivity index (χ0v) is 15.9. The van der Waals surface area contributed by atoms with Gasteiger partial charge in [0.05, 0.1) is 6.61 Å². The van der Waals surface area contributed by atoms with E-state index in [0.717, 1.165) is 13.1 Å². The summed E-state index contributed by atoms with van der Waals surface area (Å²) in [6.07, 6.45) is 4.33. The van der Waals surface area contributed by atoms with Crippen LogP contribution in [0.1, 0.15) is 22.8 Å². The van der Waals surface area contributed by atoms with Crippen molar-refractivity contribution in [1.29, 1.82) is 0 Å². The Balaban J connectivity index is 1.52. The molecule has 0 radical (unpaired) electrons. The van der Waals surface area contributed by atoms with Gasteiger partial charge in [-0.2, -0.15) is 0 Å². The van der Waals surface area contributed by atoms with E-state index in [4.69, 9.17) is 4.74 Å². The second-order valence-electron chi connectivity index (χ2n) is 6.65. The number of nitrogens with zero attached hydrogens (tertiary/aromatic N) is 1. The van der Waals surface area contributed by atoms with Crippen molar-refractivity contribution in [1.82, 2.24) is 4.90 Å². The van der Waals surface area contributed by atoms with Crippen LogP contribution in [0.4, 0.5) is 0 Å². The van der Waals surface area contributed by atoms with Crippen LogP contribution in [0.15, 0.2) is 97.1 Å². The van der Waals surface area contributed by atoms with Crippen molar-refractivity contribution in [2.45, 2.75) is 6.10 Å². The first-order chi connectivity index (χ1) is 13.3. The molecule has 0 amide bonds. The molecule has 2 heteroatoms. The smallest absolute Gasteiger partial charge is 0.108 e. The van der Waals surface area contributed by atoms with Crippen LogP contribution in [0.3, 0.4) is 0 Å². The summed E-state index contributed by atoms with van der Waals surface area (Å²) in [6, 6.07) is 31.2. The van der Waals surface area contributed by atoms with Gasteiger partial charge in [-0.25, -0.2) is 0 Å². The Bertz CT molecular complexity index is 760. The molecule has 0 atom stereocenters. The Hall–Kier alpha value is -2.68. The first-order valence-corrected chi connectivity index (χ1v) is 9.44. The minimum Gasteiger partial charge on any atom is -0.367 e. The van der Waals surface area contributed by atoms with Crippen LogP contribution >= 0.6 is 0 Å². The molecule has 0 heterocycles. The average Bonchev–Trinajstić information content (AvgIpc) is 2.73. The molecule has 2 nitrogen and oxygen atoms in total. The predicted molar refractivity (Wildman–Crippen MR) is 114 cm³/mol. The lowest BCUT2D eigenvalue weighted by Gasteiger charge is -2.21. The Morgan fingerprint density at radius 2 is 1.30 bits per heavy atom. The normalized spacial score (nSPS) is 11.5. The molecule has 0 bridgehead atoms. The second kappa shape index (κ2) is 10.5. The minimum atomic E-state index is -0.0272. The van der Waals surface area contributed by atoms with E-state index < -0.39 is 0 Å². The molecule has 3 aromatic carbocycles. The summed E-state index contributed by atoms with van der Waals surface area (Å²) >= 11 is 0. The van der Waals surface area contributed by atoms with E-state index >= 15 is 0 Å². The molecule has 0 N–H and O–H groups in total. The molecule has 0 unspecified atom stereocenters. The molecular formula is C25H27NO. The Labute approximate surface area is 162 Å². The maximum atomic E-state index is 6.28. The fourth-order valence-electron chi connectivity index (χ4n) is 2.99. The maximum absolute atomic E-state index is 6.28. The van der Waals surface area contributed by atoms with Gasteiger partial charge in [-0.15, -0.1) is 0 Å². The lowest BCUT2D eigenvalue weighted by atomic mass is 10.0. The van der Waals surface area contributed by atoms with Gasteiger partial charge < -0.3 is 9.64 Å². The van der Waals surface area contributed by atoms with Crippen LogP contribution in [-0.4, -0.2) is 31.6 Å². The van der Waals surface area contributed by atoms with E-state index in [9.17, 15) is 0 Å². The molecule has 0 saturated carbocycles. The molecule has 27 heavy (non-hydrogen) atoms. The Kier molecular flexibility index (Phi) is 7.40. The van der Waals surface area contributed by atoms with Crippen LogP contribution in [0.25, 0.3) is 6.08 Å². The van der Waals surface area contributed by atoms with Crippen LogP contribution < -0.4 is 0 Å². The number of hydrogen-bond acceptors (Lipinski definition) is 2. The van der Waals surface area contributed by atoms with Crippen LogP contribution in [-0.2, 0) is 4.74 Å². The highest BCUT2D eigenvalue weighted by atomic mass is 16.5. The second-order valence-corrected chi connectivity index (χ2v) is 6.65. The van der Waals surface area contributed by atoms with E-state index in [1.54, 1.807) is 0 Å². The summed E-state index contributed by atoms with van der Waals surface area (Å²) in [7, 11) is 2.12. The van der Waals surface area contributed by atoms with Crippen LogP contribution in [0.5, 0.6) is 0 Å². The molecule has 3 rings (SSSR count). The molecule has 0 aliphatic rings. The van der Waals surface area contributed by atoms with Gasteiger partial charge in [-0.1, -0.05) is 103 Å². The molecule has 0 aliphatic heterocycles. The van der Waals surface area contributed by atoms with Crippen molar-refractivity contribution in [2.24, 2.45) is 0 Å². The van der Waals surface area contributed by atoms with Crippen molar-refractivity contribution in [3.63, 3.8) is 0 Å². The van der Waals surface area contributed by atoms with E-state index in [-0.39, 0.29) is 6.10 Å². The summed E-state index contributed by atoms with van der Waals surface area (Å²) in [4.78, 5) is 2.27. The number of rotatable bonds is 9. The van der Waals surface area contributed by atoms with Crippen LogP contribution in [0.2, 0.25) is 0 Å². The highest BCUT2D eigenvalue weighted by Gasteiger charge is 2.14. The predicted octanol–water partition coefficient (Wildman–Crippen LogP) is 5.44. The van der Waals surface area contributed by atoms with E-state index in [1.807, 2.05) is 18.2 Å². The lowest BCUT2D eigenvalue weighted by Crippen LogP contribution is -2.24. The summed E-state index contributed by atoms with van der Waals surface area (Å²) in [6.45, 7) is 2.47. The molecule has 138 valence electrons. The van der Waals surface area contributed by atoms with E-state index in [2.05, 4.69) is 96.9 Å². The molecule has 0 aromatic heterocycles. The number of ether oxygens (including phenoxy) is 1. The zero-order valence-electron chi connectivity index (χ0n) is 15.9. The monoisotopic (exact) mass is 357 g/mol. The van der Waals surface area contributed by atoms with Crippen molar-refractivity contribution in [3.05, 3.63) is 114 Å². The van der Waals surface area contributed by atoms with Gasteiger partial charge in [-0.05, 0) is 23.7 Å². The highest BCUT2D eigenvalue weighted by molar-refractivity contribution is 5.48.